The Bertz CT molecular complexity index is 387. The molecular weight excluding hydrogens is 263 g/mol. The SMILES string of the molecule is CN(Cc1csc(CNC2CC2)n1)CC(F)(F)F. The van der Waals surface area contributed by atoms with Crippen molar-refractivity contribution in [2.24, 2.45) is 0 Å². The fourth-order valence-electron chi connectivity index (χ4n) is 1.66. The first-order chi connectivity index (χ1) is 8.42. The number of aromatic nitrogens is 1. The number of nitrogens with zero attached hydrogens (tertiary/aromatic N) is 2. The van der Waals surface area contributed by atoms with E-state index in [9.17, 15) is 13.2 Å². The number of alkyl halides is 3. The van der Waals surface area contributed by atoms with Crippen LogP contribution < -0.4 is 5.32 Å². The highest BCUT2D eigenvalue weighted by molar-refractivity contribution is 7.09. The van der Waals surface area contributed by atoms with Crippen LogP contribution in [-0.4, -0.2) is 35.7 Å². The monoisotopic (exact) mass is 279 g/mol. The Morgan fingerprint density at radius 1 is 1.50 bits per heavy atom. The number of thiazole rings is 1. The van der Waals surface area contributed by atoms with E-state index in [1.807, 2.05) is 5.38 Å². The first kappa shape index (κ1) is 13.8. The molecule has 1 heterocycles. The largest absolute Gasteiger partial charge is 0.401 e. The van der Waals surface area contributed by atoms with Gasteiger partial charge in [-0.3, -0.25) is 4.90 Å². The van der Waals surface area contributed by atoms with Crippen LogP contribution in [0.5, 0.6) is 0 Å². The Morgan fingerprint density at radius 3 is 2.83 bits per heavy atom. The van der Waals surface area contributed by atoms with E-state index in [2.05, 4.69) is 10.3 Å². The number of hydrogen-bond acceptors (Lipinski definition) is 4. The molecule has 18 heavy (non-hydrogen) atoms. The molecule has 0 spiro atoms. The molecule has 0 aliphatic heterocycles. The van der Waals surface area contributed by atoms with Gasteiger partial charge in [-0.15, -0.1) is 11.3 Å². The number of nitrogens with one attached hydrogen (secondary N) is 1. The van der Waals surface area contributed by atoms with Crippen LogP contribution in [0.25, 0.3) is 0 Å². The summed E-state index contributed by atoms with van der Waals surface area (Å²) in [5, 5.41) is 6.10. The summed E-state index contributed by atoms with van der Waals surface area (Å²) < 4.78 is 36.5. The van der Waals surface area contributed by atoms with Gasteiger partial charge in [0, 0.05) is 24.5 Å². The van der Waals surface area contributed by atoms with Gasteiger partial charge in [0.05, 0.1) is 12.2 Å². The Labute approximate surface area is 108 Å². The van der Waals surface area contributed by atoms with Gasteiger partial charge in [-0.25, -0.2) is 4.98 Å². The Hall–Kier alpha value is -0.660. The van der Waals surface area contributed by atoms with E-state index < -0.39 is 12.7 Å². The van der Waals surface area contributed by atoms with Gasteiger partial charge in [-0.2, -0.15) is 13.2 Å². The van der Waals surface area contributed by atoms with Crippen LogP contribution in [0.1, 0.15) is 23.5 Å². The van der Waals surface area contributed by atoms with Crippen LogP contribution in [0, 0.1) is 0 Å². The van der Waals surface area contributed by atoms with E-state index in [4.69, 9.17) is 0 Å². The molecule has 3 nitrogen and oxygen atoms in total. The molecule has 1 aliphatic rings. The molecule has 7 heteroatoms. The smallest absolute Gasteiger partial charge is 0.308 e. The summed E-state index contributed by atoms with van der Waals surface area (Å²) in [5.74, 6) is 0. The predicted molar refractivity (Wildman–Crippen MR) is 64.4 cm³/mol. The van der Waals surface area contributed by atoms with Crippen molar-refractivity contribution in [3.05, 3.63) is 16.1 Å². The van der Waals surface area contributed by atoms with Crippen LogP contribution in [-0.2, 0) is 13.1 Å². The Balaban J connectivity index is 1.77. The van der Waals surface area contributed by atoms with Crippen molar-refractivity contribution in [2.45, 2.75) is 38.1 Å². The fourth-order valence-corrected chi connectivity index (χ4v) is 2.40. The summed E-state index contributed by atoms with van der Waals surface area (Å²) in [6, 6.07) is 0.616. The van der Waals surface area contributed by atoms with E-state index in [-0.39, 0.29) is 6.54 Å². The second-order valence-electron chi connectivity index (χ2n) is 4.68. The van der Waals surface area contributed by atoms with Gasteiger partial charge in [0.1, 0.15) is 5.01 Å². The van der Waals surface area contributed by atoms with Crippen LogP contribution in [0.4, 0.5) is 13.2 Å². The summed E-state index contributed by atoms with van der Waals surface area (Å²) in [6.45, 7) is 0.0535. The lowest BCUT2D eigenvalue weighted by molar-refractivity contribution is -0.144. The van der Waals surface area contributed by atoms with Crippen LogP contribution in [0.2, 0.25) is 0 Å². The molecule has 2 rings (SSSR count). The molecule has 0 radical (unpaired) electrons. The zero-order valence-corrected chi connectivity index (χ0v) is 10.9. The number of hydrogen-bond donors (Lipinski definition) is 1. The van der Waals surface area contributed by atoms with Crippen LogP contribution in [0.3, 0.4) is 0 Å². The lowest BCUT2D eigenvalue weighted by Crippen LogP contribution is -2.30. The van der Waals surface area contributed by atoms with E-state index in [0.29, 0.717) is 11.7 Å². The van der Waals surface area contributed by atoms with Gasteiger partial charge in [-0.1, -0.05) is 0 Å². The summed E-state index contributed by atoms with van der Waals surface area (Å²) >= 11 is 1.50. The van der Waals surface area contributed by atoms with Crippen molar-refractivity contribution in [3.8, 4) is 0 Å². The molecule has 0 atom stereocenters. The number of halogens is 3. The van der Waals surface area contributed by atoms with Crippen molar-refractivity contribution in [2.75, 3.05) is 13.6 Å². The minimum absolute atomic E-state index is 0.236. The quantitative estimate of drug-likeness (QED) is 0.866. The molecule has 1 saturated carbocycles. The van der Waals surface area contributed by atoms with Crippen molar-refractivity contribution >= 4 is 11.3 Å². The van der Waals surface area contributed by atoms with E-state index >= 15 is 0 Å². The molecule has 1 fully saturated rings. The molecule has 0 aromatic carbocycles. The maximum absolute atomic E-state index is 12.2. The van der Waals surface area contributed by atoms with Crippen LogP contribution in [0.15, 0.2) is 5.38 Å². The van der Waals surface area contributed by atoms with Gasteiger partial charge in [-0.05, 0) is 19.9 Å². The average molecular weight is 279 g/mol. The summed E-state index contributed by atoms with van der Waals surface area (Å²) in [4.78, 5) is 5.56. The van der Waals surface area contributed by atoms with Crippen molar-refractivity contribution in [3.63, 3.8) is 0 Å². The van der Waals surface area contributed by atoms with E-state index in [0.717, 1.165) is 11.6 Å². The lowest BCUT2D eigenvalue weighted by Gasteiger charge is -2.16. The molecular formula is C11H16F3N3S. The summed E-state index contributed by atoms with van der Waals surface area (Å²) in [7, 11) is 1.45. The van der Waals surface area contributed by atoms with Crippen molar-refractivity contribution in [1.29, 1.82) is 0 Å². The third kappa shape index (κ3) is 4.91. The fraction of sp³-hybridized carbons (Fsp3) is 0.727. The third-order valence-electron chi connectivity index (χ3n) is 2.60. The van der Waals surface area contributed by atoms with Gasteiger partial charge >= 0.3 is 6.18 Å². The normalized spacial score (nSPS) is 16.5. The van der Waals surface area contributed by atoms with E-state index in [1.165, 1.54) is 36.1 Å². The van der Waals surface area contributed by atoms with Gasteiger partial charge in [0.2, 0.25) is 0 Å². The molecule has 102 valence electrons. The molecule has 0 saturated heterocycles. The highest BCUT2D eigenvalue weighted by atomic mass is 32.1. The second-order valence-corrected chi connectivity index (χ2v) is 5.62. The minimum atomic E-state index is -4.15. The predicted octanol–water partition coefficient (Wildman–Crippen LogP) is 2.39. The highest BCUT2D eigenvalue weighted by Crippen LogP contribution is 2.21. The van der Waals surface area contributed by atoms with Crippen molar-refractivity contribution in [1.82, 2.24) is 15.2 Å². The van der Waals surface area contributed by atoms with E-state index in [1.54, 1.807) is 0 Å². The Kier molecular flexibility index (Phi) is 4.24. The molecule has 0 unspecified atom stereocenters. The molecule has 0 bridgehead atoms. The molecule has 1 aliphatic carbocycles. The average Bonchev–Trinajstić information content (AvgIpc) is 2.94. The molecule has 1 aromatic heterocycles. The highest BCUT2D eigenvalue weighted by Gasteiger charge is 2.29. The molecule has 1 aromatic rings. The van der Waals surface area contributed by atoms with Crippen molar-refractivity contribution < 1.29 is 13.2 Å². The topological polar surface area (TPSA) is 28.2 Å². The molecule has 1 N–H and O–H groups in total. The molecule has 0 amide bonds. The zero-order valence-electron chi connectivity index (χ0n) is 10.1. The maximum atomic E-state index is 12.2. The number of rotatable bonds is 6. The zero-order chi connectivity index (χ0) is 13.2. The van der Waals surface area contributed by atoms with Gasteiger partial charge < -0.3 is 5.32 Å². The van der Waals surface area contributed by atoms with Gasteiger partial charge in [0.25, 0.3) is 0 Å². The maximum Gasteiger partial charge on any atom is 0.401 e. The minimum Gasteiger partial charge on any atom is -0.308 e. The Morgan fingerprint density at radius 2 is 2.22 bits per heavy atom. The standard InChI is InChI=1S/C11H16F3N3S/c1-17(7-11(12,13)14)5-9-6-18-10(16-9)4-15-8-2-3-8/h6,8,15H,2-5,7H2,1H3. The summed E-state index contributed by atoms with van der Waals surface area (Å²) in [5.41, 5.74) is 0.708. The lowest BCUT2D eigenvalue weighted by atomic mass is 10.4. The second kappa shape index (κ2) is 5.54. The van der Waals surface area contributed by atoms with Crippen LogP contribution >= 0.6 is 11.3 Å². The third-order valence-corrected chi connectivity index (χ3v) is 3.50. The first-order valence-electron chi connectivity index (χ1n) is 5.84. The van der Waals surface area contributed by atoms with Gasteiger partial charge in [0.15, 0.2) is 0 Å². The first-order valence-corrected chi connectivity index (χ1v) is 6.72. The summed E-state index contributed by atoms with van der Waals surface area (Å²) in [6.07, 6.45) is -1.72.